The maximum Gasteiger partial charge on any atom is 0.341 e. The molecule has 0 radical (unpaired) electrons. The van der Waals surface area contributed by atoms with E-state index in [2.05, 4.69) is 28.5 Å². The number of nitrogens with one attached hydrogen (secondary N) is 1. The van der Waals surface area contributed by atoms with Crippen LogP contribution >= 0.6 is 23.1 Å². The quantitative estimate of drug-likeness (QED) is 0.174. The van der Waals surface area contributed by atoms with Gasteiger partial charge in [0.1, 0.15) is 33.5 Å². The number of aryl methyl sites for hydroxylation is 2. The summed E-state index contributed by atoms with van der Waals surface area (Å²) in [7, 11) is 0. The van der Waals surface area contributed by atoms with Gasteiger partial charge in [-0.15, -0.1) is 23.1 Å². The van der Waals surface area contributed by atoms with Gasteiger partial charge in [-0.1, -0.05) is 54.1 Å². The number of hydrogen-bond acceptors (Lipinski definition) is 9. The van der Waals surface area contributed by atoms with Crippen molar-refractivity contribution in [2.45, 2.75) is 38.1 Å². The highest BCUT2D eigenvalue weighted by atomic mass is 32.2. The van der Waals surface area contributed by atoms with Crippen molar-refractivity contribution in [3.8, 4) is 33.7 Å². The van der Waals surface area contributed by atoms with Gasteiger partial charge >= 0.3 is 5.97 Å². The number of anilines is 2. The Labute approximate surface area is 252 Å². The molecule has 42 heavy (non-hydrogen) atoms. The number of aromatic nitrogens is 1. The van der Waals surface area contributed by atoms with E-state index in [4.69, 9.17) is 10.5 Å². The Morgan fingerprint density at radius 3 is 2.55 bits per heavy atom. The first-order chi connectivity index (χ1) is 20.4. The fraction of sp³-hybridized carbons (Fsp3) is 0.219. The Morgan fingerprint density at radius 1 is 1.10 bits per heavy atom. The number of thioether (sulfide) groups is 1. The SMILES string of the molecule is CCOC(=O)c1c(NC(=O)CCSc2nc(N)c(C#N)c(-c3ccc(C)cc3)c2C#N)sc2c1CCc1ccccc1-2. The zero-order valence-electron chi connectivity index (χ0n) is 23.1. The maximum absolute atomic E-state index is 13.1. The van der Waals surface area contributed by atoms with Gasteiger partial charge in [0.25, 0.3) is 0 Å². The maximum atomic E-state index is 13.1. The van der Waals surface area contributed by atoms with Crippen LogP contribution in [-0.2, 0) is 22.4 Å². The molecule has 1 aliphatic carbocycles. The number of nitrogens with zero attached hydrogens (tertiary/aromatic N) is 3. The molecule has 5 rings (SSSR count). The summed E-state index contributed by atoms with van der Waals surface area (Å²) in [5.41, 5.74) is 12.3. The van der Waals surface area contributed by atoms with Crippen molar-refractivity contribution >= 4 is 45.8 Å². The fourth-order valence-corrected chi connectivity index (χ4v) is 7.24. The minimum atomic E-state index is -0.446. The number of benzene rings is 2. The number of amides is 1. The summed E-state index contributed by atoms with van der Waals surface area (Å²) < 4.78 is 5.35. The Balaban J connectivity index is 1.37. The second-order valence-electron chi connectivity index (χ2n) is 9.65. The van der Waals surface area contributed by atoms with Gasteiger partial charge in [0.05, 0.1) is 17.7 Å². The monoisotopic (exact) mass is 593 g/mol. The number of ether oxygens (including phenoxy) is 1. The van der Waals surface area contributed by atoms with E-state index in [1.165, 1.54) is 28.7 Å². The third-order valence-electron chi connectivity index (χ3n) is 6.97. The number of esters is 1. The Morgan fingerprint density at radius 2 is 1.83 bits per heavy atom. The summed E-state index contributed by atoms with van der Waals surface area (Å²) in [6.07, 6.45) is 1.59. The second-order valence-corrected chi connectivity index (χ2v) is 11.8. The van der Waals surface area contributed by atoms with Crippen molar-refractivity contribution in [3.05, 3.63) is 81.9 Å². The lowest BCUT2D eigenvalue weighted by molar-refractivity contribution is -0.115. The second kappa shape index (κ2) is 12.5. The van der Waals surface area contributed by atoms with Crippen LogP contribution in [0, 0.1) is 29.6 Å². The van der Waals surface area contributed by atoms with Crippen LogP contribution in [0.4, 0.5) is 10.8 Å². The molecule has 0 saturated heterocycles. The molecule has 8 nitrogen and oxygen atoms in total. The summed E-state index contributed by atoms with van der Waals surface area (Å²) in [4.78, 5) is 31.4. The van der Waals surface area contributed by atoms with E-state index in [1.807, 2.05) is 49.4 Å². The van der Waals surface area contributed by atoms with Crippen LogP contribution in [0.2, 0.25) is 0 Å². The molecule has 0 atom stereocenters. The molecule has 3 N–H and O–H groups in total. The lowest BCUT2D eigenvalue weighted by atomic mass is 9.89. The first kappa shape index (κ1) is 28.9. The third kappa shape index (κ3) is 5.60. The van der Waals surface area contributed by atoms with Gasteiger partial charge in [0.15, 0.2) is 0 Å². The molecule has 0 bridgehead atoms. The van der Waals surface area contributed by atoms with Crippen LogP contribution in [0.25, 0.3) is 21.6 Å². The van der Waals surface area contributed by atoms with Crippen molar-refractivity contribution < 1.29 is 14.3 Å². The zero-order chi connectivity index (χ0) is 29.8. The summed E-state index contributed by atoms with van der Waals surface area (Å²) in [6, 6.07) is 19.8. The van der Waals surface area contributed by atoms with Gasteiger partial charge in [-0.25, -0.2) is 9.78 Å². The highest BCUT2D eigenvalue weighted by Crippen LogP contribution is 2.45. The number of nitriles is 2. The molecule has 2 heterocycles. The Kier molecular flexibility index (Phi) is 8.58. The van der Waals surface area contributed by atoms with Crippen molar-refractivity contribution in [1.82, 2.24) is 4.98 Å². The summed E-state index contributed by atoms with van der Waals surface area (Å²) in [5, 5.41) is 23.6. The van der Waals surface area contributed by atoms with E-state index >= 15 is 0 Å². The lowest BCUT2D eigenvalue weighted by Gasteiger charge is -2.16. The molecule has 2 aromatic carbocycles. The van der Waals surface area contributed by atoms with E-state index in [-0.39, 0.29) is 35.9 Å². The van der Waals surface area contributed by atoms with Crippen LogP contribution in [0.15, 0.2) is 53.6 Å². The normalized spacial score (nSPS) is 11.5. The van der Waals surface area contributed by atoms with Crippen molar-refractivity contribution in [3.63, 3.8) is 0 Å². The van der Waals surface area contributed by atoms with Crippen molar-refractivity contribution in [2.24, 2.45) is 0 Å². The topological polar surface area (TPSA) is 142 Å². The molecule has 0 aliphatic heterocycles. The molecule has 2 aromatic heterocycles. The molecule has 0 fully saturated rings. The average Bonchev–Trinajstić information content (AvgIpc) is 3.35. The predicted octanol–water partition coefficient (Wildman–Crippen LogP) is 6.51. The first-order valence-electron chi connectivity index (χ1n) is 13.4. The molecular weight excluding hydrogens is 567 g/mol. The van der Waals surface area contributed by atoms with E-state index in [9.17, 15) is 20.1 Å². The van der Waals surface area contributed by atoms with E-state index in [0.29, 0.717) is 38.9 Å². The number of carbonyl (C=O) groups is 2. The molecular formula is C32H27N5O3S2. The van der Waals surface area contributed by atoms with Gasteiger partial charge in [0.2, 0.25) is 5.91 Å². The number of carbonyl (C=O) groups excluding carboxylic acids is 2. The van der Waals surface area contributed by atoms with Crippen LogP contribution < -0.4 is 11.1 Å². The average molecular weight is 594 g/mol. The fourth-order valence-electron chi connectivity index (χ4n) is 4.99. The molecule has 4 aromatic rings. The number of nitrogen functional groups attached to an aromatic ring is 1. The molecule has 0 saturated carbocycles. The van der Waals surface area contributed by atoms with Crippen LogP contribution in [-0.4, -0.2) is 29.2 Å². The van der Waals surface area contributed by atoms with Crippen molar-refractivity contribution in [2.75, 3.05) is 23.4 Å². The molecule has 0 unspecified atom stereocenters. The number of nitrogens with two attached hydrogens (primary N) is 1. The van der Waals surface area contributed by atoms with E-state index in [1.54, 1.807) is 6.92 Å². The number of pyridine rings is 1. The molecule has 210 valence electrons. The number of hydrogen-bond donors (Lipinski definition) is 2. The van der Waals surface area contributed by atoms with Gasteiger partial charge < -0.3 is 15.8 Å². The molecule has 0 spiro atoms. The minimum absolute atomic E-state index is 0.0301. The molecule has 1 aliphatic rings. The lowest BCUT2D eigenvalue weighted by Crippen LogP contribution is -2.16. The van der Waals surface area contributed by atoms with Crippen LogP contribution in [0.1, 0.15) is 51.5 Å². The molecule has 1 amide bonds. The summed E-state index contributed by atoms with van der Waals surface area (Å²) in [5.74, 6) is -0.394. The van der Waals surface area contributed by atoms with Crippen LogP contribution in [0.3, 0.4) is 0 Å². The minimum Gasteiger partial charge on any atom is -0.462 e. The summed E-state index contributed by atoms with van der Waals surface area (Å²) in [6.45, 7) is 3.94. The van der Waals surface area contributed by atoms with Gasteiger partial charge in [-0.05, 0) is 48.9 Å². The van der Waals surface area contributed by atoms with E-state index < -0.39 is 5.97 Å². The highest BCUT2D eigenvalue weighted by Gasteiger charge is 2.29. The van der Waals surface area contributed by atoms with Gasteiger partial charge in [0, 0.05) is 22.6 Å². The smallest absolute Gasteiger partial charge is 0.341 e. The third-order valence-corrected chi connectivity index (χ3v) is 9.13. The first-order valence-corrected chi connectivity index (χ1v) is 15.2. The van der Waals surface area contributed by atoms with Crippen molar-refractivity contribution in [1.29, 1.82) is 10.5 Å². The molecule has 10 heteroatoms. The summed E-state index contributed by atoms with van der Waals surface area (Å²) >= 11 is 2.61. The zero-order valence-corrected chi connectivity index (χ0v) is 24.7. The van der Waals surface area contributed by atoms with E-state index in [0.717, 1.165) is 28.0 Å². The Hall–Kier alpha value is -4.64. The van der Waals surface area contributed by atoms with Crippen LogP contribution in [0.5, 0.6) is 0 Å². The number of thiophene rings is 1. The number of rotatable bonds is 8. The largest absolute Gasteiger partial charge is 0.462 e. The standard InChI is InChI=1S/C32H27N5O3S2/c1-3-40-32(39)27-22-13-12-19-6-4-5-7-21(19)28(22)42-31(27)36-25(38)14-15-41-30-24(17-34)26(23(16-33)29(35)37-30)20-10-8-18(2)9-11-20/h4-11H,3,12-15H2,1-2H3,(H2,35,37)(H,36,38). The highest BCUT2D eigenvalue weighted by molar-refractivity contribution is 7.99. The predicted molar refractivity (Wildman–Crippen MR) is 165 cm³/mol. The van der Waals surface area contributed by atoms with Gasteiger partial charge in [-0.2, -0.15) is 10.5 Å². The Bertz CT molecular complexity index is 1780. The number of fused-ring (bicyclic) bond motifs is 3. The van der Waals surface area contributed by atoms with Gasteiger partial charge in [-0.3, -0.25) is 4.79 Å².